The summed E-state index contributed by atoms with van der Waals surface area (Å²) >= 11 is 3.44. The van der Waals surface area contributed by atoms with Crippen molar-refractivity contribution in [3.8, 4) is 5.82 Å². The second-order valence-corrected chi connectivity index (χ2v) is 5.23. The molecule has 0 saturated heterocycles. The Kier molecular flexibility index (Phi) is 3.51. The molecule has 0 atom stereocenters. The zero-order chi connectivity index (χ0) is 13.9. The van der Waals surface area contributed by atoms with E-state index >= 15 is 0 Å². The van der Waals surface area contributed by atoms with E-state index in [9.17, 15) is 0 Å². The van der Waals surface area contributed by atoms with E-state index in [1.54, 1.807) is 21.8 Å². The Morgan fingerprint density at radius 2 is 2.25 bits per heavy atom. The smallest absolute Gasteiger partial charge is 0.176 e. The molecule has 3 rings (SSSR count). The number of nitrogens with zero attached hydrogens (tertiary/aromatic N) is 5. The summed E-state index contributed by atoms with van der Waals surface area (Å²) in [5.41, 5.74) is 1.87. The van der Waals surface area contributed by atoms with Crippen molar-refractivity contribution >= 4 is 21.6 Å². The lowest BCUT2D eigenvalue weighted by molar-refractivity contribution is 0.747. The van der Waals surface area contributed by atoms with Crippen LogP contribution in [0, 0.1) is 0 Å². The van der Waals surface area contributed by atoms with Crippen molar-refractivity contribution in [1.29, 1.82) is 0 Å². The van der Waals surface area contributed by atoms with Crippen LogP contribution in [0.15, 0.2) is 47.5 Å². The van der Waals surface area contributed by atoms with Crippen LogP contribution in [0.3, 0.4) is 0 Å². The molecule has 6 nitrogen and oxygen atoms in total. The summed E-state index contributed by atoms with van der Waals surface area (Å²) in [6.07, 6.45) is 7.27. The molecule has 0 aliphatic heterocycles. The average Bonchev–Trinajstić information content (AvgIpc) is 3.08. The Morgan fingerprint density at radius 1 is 1.35 bits per heavy atom. The van der Waals surface area contributed by atoms with Gasteiger partial charge in [0.2, 0.25) is 0 Å². The first-order valence-electron chi connectivity index (χ1n) is 6.10. The molecule has 3 heterocycles. The molecular weight excluding hydrogens is 320 g/mol. The standard InChI is InChI=1S/C13H13BrN6/c1-19-6-3-11(18-19)9-15-12-7-10(14)8-16-13(12)20-5-2-4-17-20/h2-8,15H,9H2,1H3. The molecule has 0 saturated carbocycles. The number of nitrogens with one attached hydrogen (secondary N) is 1. The number of halogens is 1. The van der Waals surface area contributed by atoms with Gasteiger partial charge in [-0.3, -0.25) is 4.68 Å². The summed E-state index contributed by atoms with van der Waals surface area (Å²) < 4.78 is 4.43. The maximum absolute atomic E-state index is 4.40. The van der Waals surface area contributed by atoms with Gasteiger partial charge in [0.25, 0.3) is 0 Å². The van der Waals surface area contributed by atoms with Crippen LogP contribution in [-0.4, -0.2) is 24.5 Å². The molecule has 0 radical (unpaired) electrons. The number of rotatable bonds is 4. The van der Waals surface area contributed by atoms with Crippen molar-refractivity contribution in [2.75, 3.05) is 5.32 Å². The van der Waals surface area contributed by atoms with Gasteiger partial charge < -0.3 is 5.32 Å². The molecule has 0 amide bonds. The predicted molar refractivity (Wildman–Crippen MR) is 79.6 cm³/mol. The number of aromatic nitrogens is 5. The Morgan fingerprint density at radius 3 is 2.95 bits per heavy atom. The molecule has 0 bridgehead atoms. The Labute approximate surface area is 124 Å². The number of hydrogen-bond acceptors (Lipinski definition) is 4. The molecule has 3 aromatic rings. The van der Waals surface area contributed by atoms with Crippen molar-refractivity contribution in [2.45, 2.75) is 6.54 Å². The molecule has 102 valence electrons. The minimum atomic E-state index is 0.632. The highest BCUT2D eigenvalue weighted by atomic mass is 79.9. The van der Waals surface area contributed by atoms with E-state index in [0.29, 0.717) is 6.54 Å². The van der Waals surface area contributed by atoms with Gasteiger partial charge in [0.15, 0.2) is 5.82 Å². The van der Waals surface area contributed by atoms with Gasteiger partial charge in [-0.05, 0) is 34.1 Å². The van der Waals surface area contributed by atoms with Crippen LogP contribution in [0.1, 0.15) is 5.69 Å². The van der Waals surface area contributed by atoms with Gasteiger partial charge in [-0.1, -0.05) is 0 Å². The highest BCUT2D eigenvalue weighted by molar-refractivity contribution is 9.10. The van der Waals surface area contributed by atoms with Crippen molar-refractivity contribution < 1.29 is 0 Å². The second-order valence-electron chi connectivity index (χ2n) is 4.31. The minimum Gasteiger partial charge on any atom is -0.376 e. The lowest BCUT2D eigenvalue weighted by atomic mass is 10.3. The Bertz CT molecular complexity index is 703. The summed E-state index contributed by atoms with van der Waals surface area (Å²) in [5.74, 6) is 0.758. The summed E-state index contributed by atoms with van der Waals surface area (Å²) in [6, 6.07) is 5.82. The third kappa shape index (κ3) is 2.72. The molecular formula is C13H13BrN6. The number of anilines is 1. The van der Waals surface area contributed by atoms with Crippen LogP contribution in [0.25, 0.3) is 5.82 Å². The predicted octanol–water partition coefficient (Wildman–Crippen LogP) is 2.38. The van der Waals surface area contributed by atoms with Gasteiger partial charge in [0.05, 0.1) is 17.9 Å². The zero-order valence-corrected chi connectivity index (χ0v) is 12.4. The SMILES string of the molecule is Cn1ccc(CNc2cc(Br)cnc2-n2cccn2)n1. The molecule has 0 spiro atoms. The van der Waals surface area contributed by atoms with Crippen LogP contribution >= 0.6 is 15.9 Å². The third-order valence-electron chi connectivity index (χ3n) is 2.78. The van der Waals surface area contributed by atoms with Gasteiger partial charge >= 0.3 is 0 Å². The quantitative estimate of drug-likeness (QED) is 0.796. The lowest BCUT2D eigenvalue weighted by Crippen LogP contribution is -2.07. The van der Waals surface area contributed by atoms with E-state index in [0.717, 1.165) is 21.7 Å². The van der Waals surface area contributed by atoms with Gasteiger partial charge in [-0.15, -0.1) is 0 Å². The van der Waals surface area contributed by atoms with E-state index < -0.39 is 0 Å². The highest BCUT2D eigenvalue weighted by Gasteiger charge is 2.08. The normalized spacial score (nSPS) is 10.7. The molecule has 0 unspecified atom stereocenters. The van der Waals surface area contributed by atoms with Crippen molar-refractivity contribution in [3.05, 3.63) is 53.2 Å². The van der Waals surface area contributed by atoms with Gasteiger partial charge in [0, 0.05) is 36.3 Å². The number of aryl methyl sites for hydroxylation is 1. The van der Waals surface area contributed by atoms with Crippen LogP contribution in [-0.2, 0) is 13.6 Å². The number of hydrogen-bond donors (Lipinski definition) is 1. The summed E-state index contributed by atoms with van der Waals surface area (Å²) in [5, 5.41) is 11.9. The largest absolute Gasteiger partial charge is 0.376 e. The molecule has 1 N–H and O–H groups in total. The molecule has 0 aliphatic rings. The van der Waals surface area contributed by atoms with Gasteiger partial charge in [-0.2, -0.15) is 10.2 Å². The van der Waals surface area contributed by atoms with Crippen LogP contribution in [0.5, 0.6) is 0 Å². The molecule has 20 heavy (non-hydrogen) atoms. The fraction of sp³-hybridized carbons (Fsp3) is 0.154. The van der Waals surface area contributed by atoms with Crippen LogP contribution in [0.2, 0.25) is 0 Å². The van der Waals surface area contributed by atoms with E-state index in [-0.39, 0.29) is 0 Å². The molecule has 0 aromatic carbocycles. The molecule has 3 aromatic heterocycles. The number of pyridine rings is 1. The minimum absolute atomic E-state index is 0.632. The maximum Gasteiger partial charge on any atom is 0.176 e. The lowest BCUT2D eigenvalue weighted by Gasteiger charge is -2.10. The fourth-order valence-corrected chi connectivity index (χ4v) is 2.21. The first kappa shape index (κ1) is 12.9. The monoisotopic (exact) mass is 332 g/mol. The van der Waals surface area contributed by atoms with Crippen molar-refractivity contribution in [1.82, 2.24) is 24.5 Å². The molecule has 7 heteroatoms. The summed E-state index contributed by atoms with van der Waals surface area (Å²) in [6.45, 7) is 0.632. The molecule has 0 aliphatic carbocycles. The van der Waals surface area contributed by atoms with Crippen molar-refractivity contribution in [3.63, 3.8) is 0 Å². The summed E-state index contributed by atoms with van der Waals surface area (Å²) in [4.78, 5) is 4.40. The fourth-order valence-electron chi connectivity index (χ4n) is 1.88. The third-order valence-corrected chi connectivity index (χ3v) is 3.22. The van der Waals surface area contributed by atoms with Crippen LogP contribution in [0.4, 0.5) is 5.69 Å². The highest BCUT2D eigenvalue weighted by Crippen LogP contribution is 2.22. The van der Waals surface area contributed by atoms with E-state index in [2.05, 4.69) is 36.4 Å². The van der Waals surface area contributed by atoms with Crippen molar-refractivity contribution in [2.24, 2.45) is 7.05 Å². The topological polar surface area (TPSA) is 60.6 Å². The zero-order valence-electron chi connectivity index (χ0n) is 10.9. The molecule has 0 fully saturated rings. The Hall–Kier alpha value is -2.15. The van der Waals surface area contributed by atoms with E-state index in [1.165, 1.54) is 0 Å². The summed E-state index contributed by atoms with van der Waals surface area (Å²) in [7, 11) is 1.90. The van der Waals surface area contributed by atoms with E-state index in [4.69, 9.17) is 0 Å². The first-order chi connectivity index (χ1) is 9.72. The second kappa shape index (κ2) is 5.46. The average molecular weight is 333 g/mol. The van der Waals surface area contributed by atoms with Gasteiger partial charge in [0.1, 0.15) is 0 Å². The Balaban J connectivity index is 1.86. The first-order valence-corrected chi connectivity index (χ1v) is 6.89. The van der Waals surface area contributed by atoms with Crippen LogP contribution < -0.4 is 5.32 Å². The van der Waals surface area contributed by atoms with E-state index in [1.807, 2.05) is 37.6 Å². The maximum atomic E-state index is 4.40. The van der Waals surface area contributed by atoms with Gasteiger partial charge in [-0.25, -0.2) is 9.67 Å².